The number of ketones is 1. The van der Waals surface area contributed by atoms with Crippen LogP contribution < -0.4 is 15.4 Å². The number of methoxy groups -OCH3 is 1. The van der Waals surface area contributed by atoms with E-state index in [1.54, 1.807) is 0 Å². The first kappa shape index (κ1) is 17.3. The minimum atomic E-state index is -0.592. The van der Waals surface area contributed by atoms with Gasteiger partial charge in [0.25, 0.3) is 0 Å². The van der Waals surface area contributed by atoms with Crippen molar-refractivity contribution in [2.75, 3.05) is 17.7 Å². The number of carbonyl (C=O) groups excluding carboxylic acids is 2. The number of ether oxygens (including phenoxy) is 1. The van der Waals surface area contributed by atoms with Gasteiger partial charge >= 0.3 is 12.0 Å². The summed E-state index contributed by atoms with van der Waals surface area (Å²) in [6.45, 7) is 0. The Kier molecular flexibility index (Phi) is 5.22. The van der Waals surface area contributed by atoms with E-state index in [4.69, 9.17) is 4.74 Å². The Morgan fingerprint density at radius 3 is 2.72 bits per heavy atom. The summed E-state index contributed by atoms with van der Waals surface area (Å²) in [6, 6.07) is 3.32. The van der Waals surface area contributed by atoms with Gasteiger partial charge in [-0.1, -0.05) is 12.8 Å². The zero-order chi connectivity index (χ0) is 17.8. The van der Waals surface area contributed by atoms with Gasteiger partial charge in [-0.25, -0.2) is 9.18 Å². The Hall–Kier alpha value is -2.55. The van der Waals surface area contributed by atoms with Crippen LogP contribution in [0.2, 0.25) is 0 Å². The molecule has 0 bridgehead atoms. The molecule has 7 nitrogen and oxygen atoms in total. The second kappa shape index (κ2) is 7.56. The number of Topliss-reactive ketones (excluding diaryl/α,β-unsaturated/α-hetero) is 1. The van der Waals surface area contributed by atoms with Gasteiger partial charge < -0.3 is 10.1 Å². The molecule has 0 aliphatic heterocycles. The van der Waals surface area contributed by atoms with Crippen LogP contribution in [0.3, 0.4) is 0 Å². The third-order valence-corrected chi connectivity index (χ3v) is 4.65. The van der Waals surface area contributed by atoms with Crippen LogP contribution >= 0.6 is 11.5 Å². The number of amides is 2. The standard InChI is InChI=1S/C16H17FN4O3S/c1-24-15-20-16(25-21-15)19-14(23)18-12-7-6-10(17)8-11(12)13(22)9-4-2-3-5-9/h6-9H,2-5H2,1H3,(H2,18,19,20,21,23). The Morgan fingerprint density at radius 1 is 1.28 bits per heavy atom. The average Bonchev–Trinajstić information content (AvgIpc) is 3.27. The van der Waals surface area contributed by atoms with Gasteiger partial charge in [-0.15, -0.1) is 4.37 Å². The predicted molar refractivity (Wildman–Crippen MR) is 91.8 cm³/mol. The fourth-order valence-corrected chi connectivity index (χ4v) is 3.37. The summed E-state index contributed by atoms with van der Waals surface area (Å²) in [5.41, 5.74) is 0.462. The van der Waals surface area contributed by atoms with E-state index in [0.29, 0.717) is 0 Å². The van der Waals surface area contributed by atoms with Crippen molar-refractivity contribution in [3.63, 3.8) is 0 Å². The summed E-state index contributed by atoms with van der Waals surface area (Å²) >= 11 is 0.961. The molecule has 9 heteroatoms. The van der Waals surface area contributed by atoms with Crippen LogP contribution in [-0.2, 0) is 0 Å². The fourth-order valence-electron chi connectivity index (χ4n) is 2.83. The number of aromatic nitrogens is 2. The predicted octanol–water partition coefficient (Wildman–Crippen LogP) is 3.70. The molecule has 2 amide bonds. The van der Waals surface area contributed by atoms with Gasteiger partial charge in [-0.05, 0) is 31.0 Å². The number of hydrogen-bond acceptors (Lipinski definition) is 6. The molecule has 0 spiro atoms. The molecule has 0 radical (unpaired) electrons. The van der Waals surface area contributed by atoms with Crippen molar-refractivity contribution < 1.29 is 18.7 Å². The third kappa shape index (κ3) is 4.11. The molecule has 0 atom stereocenters. The molecular formula is C16H17FN4O3S. The van der Waals surface area contributed by atoms with Gasteiger partial charge in [0.15, 0.2) is 5.78 Å². The molecule has 1 aromatic carbocycles. The van der Waals surface area contributed by atoms with Crippen LogP contribution in [0.4, 0.5) is 20.0 Å². The van der Waals surface area contributed by atoms with Gasteiger partial charge in [0.05, 0.1) is 12.8 Å². The minimum Gasteiger partial charge on any atom is -0.466 e. The number of carbonyl (C=O) groups is 2. The summed E-state index contributed by atoms with van der Waals surface area (Å²) in [6.07, 6.45) is 3.58. The summed E-state index contributed by atoms with van der Waals surface area (Å²) in [7, 11) is 1.42. The number of anilines is 2. The van der Waals surface area contributed by atoms with Crippen molar-refractivity contribution in [2.45, 2.75) is 25.7 Å². The molecule has 2 aromatic rings. The Morgan fingerprint density at radius 2 is 2.04 bits per heavy atom. The Balaban J connectivity index is 1.74. The first-order valence-electron chi connectivity index (χ1n) is 7.86. The molecule has 0 unspecified atom stereocenters. The molecule has 1 aliphatic carbocycles. The quantitative estimate of drug-likeness (QED) is 0.789. The number of halogens is 1. The van der Waals surface area contributed by atoms with Crippen LogP contribution in [0.25, 0.3) is 0 Å². The number of benzene rings is 1. The number of nitrogens with one attached hydrogen (secondary N) is 2. The normalized spacial score (nSPS) is 14.3. The lowest BCUT2D eigenvalue weighted by atomic mass is 9.95. The maximum atomic E-state index is 13.6. The van der Waals surface area contributed by atoms with Gasteiger partial charge in [0, 0.05) is 23.0 Å². The smallest absolute Gasteiger partial charge is 0.329 e. The lowest BCUT2D eigenvalue weighted by Gasteiger charge is -2.13. The van der Waals surface area contributed by atoms with Gasteiger partial charge in [-0.3, -0.25) is 10.1 Å². The van der Waals surface area contributed by atoms with Crippen molar-refractivity contribution in [3.8, 4) is 6.01 Å². The Labute approximate surface area is 147 Å². The van der Waals surface area contributed by atoms with E-state index < -0.39 is 11.8 Å². The van der Waals surface area contributed by atoms with E-state index in [-0.39, 0.29) is 34.1 Å². The van der Waals surface area contributed by atoms with Crippen LogP contribution in [0.5, 0.6) is 6.01 Å². The molecule has 132 valence electrons. The monoisotopic (exact) mass is 364 g/mol. The number of hydrogen-bond donors (Lipinski definition) is 2. The minimum absolute atomic E-state index is 0.113. The van der Waals surface area contributed by atoms with Crippen molar-refractivity contribution in [2.24, 2.45) is 5.92 Å². The first-order valence-corrected chi connectivity index (χ1v) is 8.63. The maximum Gasteiger partial charge on any atom is 0.329 e. The van der Waals surface area contributed by atoms with E-state index in [1.165, 1.54) is 25.3 Å². The summed E-state index contributed by atoms with van der Waals surface area (Å²) in [4.78, 5) is 28.7. The van der Waals surface area contributed by atoms with E-state index in [0.717, 1.165) is 37.2 Å². The topological polar surface area (TPSA) is 93.2 Å². The Bertz CT molecular complexity index is 789. The molecule has 0 saturated heterocycles. The van der Waals surface area contributed by atoms with Crippen molar-refractivity contribution >= 4 is 34.2 Å². The highest BCUT2D eigenvalue weighted by Crippen LogP contribution is 2.31. The van der Waals surface area contributed by atoms with E-state index >= 15 is 0 Å². The highest BCUT2D eigenvalue weighted by atomic mass is 32.1. The fraction of sp³-hybridized carbons (Fsp3) is 0.375. The van der Waals surface area contributed by atoms with Crippen LogP contribution in [-0.4, -0.2) is 28.3 Å². The van der Waals surface area contributed by atoms with Gasteiger partial charge in [0.1, 0.15) is 5.82 Å². The molecule has 1 aliphatic rings. The second-order valence-corrected chi connectivity index (χ2v) is 6.45. The molecule has 1 aromatic heterocycles. The lowest BCUT2D eigenvalue weighted by molar-refractivity contribution is 0.0923. The molecular weight excluding hydrogens is 347 g/mol. The van der Waals surface area contributed by atoms with E-state index in [1.807, 2.05) is 0 Å². The number of nitrogens with zero attached hydrogens (tertiary/aromatic N) is 2. The largest absolute Gasteiger partial charge is 0.466 e. The lowest BCUT2D eigenvalue weighted by Crippen LogP contribution is -2.22. The number of rotatable bonds is 5. The molecule has 3 rings (SSSR count). The average molecular weight is 364 g/mol. The van der Waals surface area contributed by atoms with Crippen molar-refractivity contribution in [1.82, 2.24) is 9.36 Å². The highest BCUT2D eigenvalue weighted by molar-refractivity contribution is 7.10. The summed E-state index contributed by atoms with van der Waals surface area (Å²) < 4.78 is 22.3. The van der Waals surface area contributed by atoms with E-state index in [9.17, 15) is 14.0 Å². The van der Waals surface area contributed by atoms with Crippen molar-refractivity contribution in [3.05, 3.63) is 29.6 Å². The van der Waals surface area contributed by atoms with Gasteiger partial charge in [-0.2, -0.15) is 4.98 Å². The molecule has 1 saturated carbocycles. The maximum absolute atomic E-state index is 13.6. The molecule has 25 heavy (non-hydrogen) atoms. The van der Waals surface area contributed by atoms with E-state index in [2.05, 4.69) is 20.0 Å². The molecule has 2 N–H and O–H groups in total. The summed E-state index contributed by atoms with van der Waals surface area (Å²) in [5.74, 6) is -0.760. The summed E-state index contributed by atoms with van der Waals surface area (Å²) in [5, 5.41) is 5.33. The van der Waals surface area contributed by atoms with Crippen LogP contribution in [0, 0.1) is 11.7 Å². The zero-order valence-electron chi connectivity index (χ0n) is 13.5. The highest BCUT2D eigenvalue weighted by Gasteiger charge is 2.26. The van der Waals surface area contributed by atoms with Crippen LogP contribution in [0.1, 0.15) is 36.0 Å². The molecule has 1 heterocycles. The SMILES string of the molecule is COc1nsc(NC(=O)Nc2ccc(F)cc2C(=O)C2CCCC2)n1. The molecule has 1 fully saturated rings. The van der Waals surface area contributed by atoms with Crippen LogP contribution in [0.15, 0.2) is 18.2 Å². The van der Waals surface area contributed by atoms with Gasteiger partial charge in [0.2, 0.25) is 5.13 Å². The van der Waals surface area contributed by atoms with Crippen molar-refractivity contribution in [1.29, 1.82) is 0 Å². The second-order valence-electron chi connectivity index (χ2n) is 5.70. The third-order valence-electron chi connectivity index (χ3n) is 4.03. The first-order chi connectivity index (χ1) is 12.1. The number of urea groups is 1. The zero-order valence-corrected chi connectivity index (χ0v) is 14.4.